The molecular weight excluding hydrogens is 286 g/mol. The summed E-state index contributed by atoms with van der Waals surface area (Å²) in [6.07, 6.45) is 0.739. The topological polar surface area (TPSA) is 78.7 Å². The number of aldehydes is 1. The first-order valence-corrected chi connectivity index (χ1v) is 6.72. The van der Waals surface area contributed by atoms with Crippen molar-refractivity contribution in [1.82, 2.24) is 0 Å². The molecule has 0 saturated heterocycles. The van der Waals surface area contributed by atoms with Gasteiger partial charge in [-0.05, 0) is 42.8 Å². The fourth-order valence-electron chi connectivity index (χ4n) is 1.86. The lowest BCUT2D eigenvalue weighted by molar-refractivity contribution is -0.384. The third kappa shape index (κ3) is 3.82. The summed E-state index contributed by atoms with van der Waals surface area (Å²) < 4.78 is 11.1. The normalized spacial score (nSPS) is 10.0. The van der Waals surface area contributed by atoms with Gasteiger partial charge in [0, 0.05) is 17.7 Å². The molecule has 0 aliphatic rings. The minimum Gasteiger partial charge on any atom is -0.490 e. The van der Waals surface area contributed by atoms with Gasteiger partial charge in [-0.15, -0.1) is 0 Å². The molecular formula is C16H15NO5. The highest BCUT2D eigenvalue weighted by molar-refractivity contribution is 5.76. The fourth-order valence-corrected chi connectivity index (χ4v) is 1.86. The molecule has 0 bridgehead atoms. The Morgan fingerprint density at radius 3 is 2.41 bits per heavy atom. The predicted octanol–water partition coefficient (Wildman–Crippen LogP) is 3.39. The largest absolute Gasteiger partial charge is 0.490 e. The van der Waals surface area contributed by atoms with Gasteiger partial charge in [-0.1, -0.05) is 0 Å². The smallest absolute Gasteiger partial charge is 0.269 e. The minimum absolute atomic E-state index is 0.0362. The number of carbonyl (C=O) groups excluding carboxylic acids is 1. The van der Waals surface area contributed by atoms with Crippen molar-refractivity contribution >= 4 is 12.0 Å². The van der Waals surface area contributed by atoms with Crippen LogP contribution in [-0.2, 0) is 6.61 Å². The molecule has 2 aromatic rings. The average Bonchev–Trinajstić information content (AvgIpc) is 2.54. The molecule has 2 aromatic carbocycles. The van der Waals surface area contributed by atoms with Crippen LogP contribution in [0.5, 0.6) is 11.5 Å². The van der Waals surface area contributed by atoms with Crippen LogP contribution in [-0.4, -0.2) is 17.8 Å². The van der Waals surface area contributed by atoms with Crippen molar-refractivity contribution in [3.05, 3.63) is 63.7 Å². The van der Waals surface area contributed by atoms with Crippen LogP contribution in [0.3, 0.4) is 0 Å². The third-order valence-electron chi connectivity index (χ3n) is 2.95. The van der Waals surface area contributed by atoms with Gasteiger partial charge in [0.2, 0.25) is 0 Å². The first-order valence-electron chi connectivity index (χ1n) is 6.72. The first kappa shape index (κ1) is 15.5. The van der Waals surface area contributed by atoms with E-state index in [2.05, 4.69) is 0 Å². The third-order valence-corrected chi connectivity index (χ3v) is 2.95. The zero-order chi connectivity index (χ0) is 15.9. The van der Waals surface area contributed by atoms with Gasteiger partial charge < -0.3 is 9.47 Å². The van der Waals surface area contributed by atoms with Crippen LogP contribution in [0.4, 0.5) is 5.69 Å². The molecule has 6 nitrogen and oxygen atoms in total. The van der Waals surface area contributed by atoms with Crippen molar-refractivity contribution in [2.45, 2.75) is 13.5 Å². The number of non-ortho nitro benzene ring substituents is 1. The number of benzene rings is 2. The second kappa shape index (κ2) is 7.21. The van der Waals surface area contributed by atoms with Gasteiger partial charge in [0.15, 0.2) is 11.5 Å². The highest BCUT2D eigenvalue weighted by Crippen LogP contribution is 2.29. The number of nitrogens with zero attached hydrogens (tertiary/aromatic N) is 1. The monoisotopic (exact) mass is 301 g/mol. The lowest BCUT2D eigenvalue weighted by atomic mass is 10.2. The summed E-state index contributed by atoms with van der Waals surface area (Å²) in [6.45, 7) is 2.54. The van der Waals surface area contributed by atoms with Gasteiger partial charge in [-0.2, -0.15) is 0 Å². The SMILES string of the molecule is CCOc1cc(C=O)ccc1OCc1ccc([N+](=O)[O-])cc1. The maximum atomic E-state index is 10.8. The lowest BCUT2D eigenvalue weighted by Crippen LogP contribution is -2.00. The van der Waals surface area contributed by atoms with E-state index < -0.39 is 4.92 Å². The zero-order valence-electron chi connectivity index (χ0n) is 12.0. The molecule has 0 aliphatic heterocycles. The maximum absolute atomic E-state index is 10.8. The summed E-state index contributed by atoms with van der Waals surface area (Å²) >= 11 is 0. The summed E-state index contributed by atoms with van der Waals surface area (Å²) in [5, 5.41) is 10.6. The van der Waals surface area contributed by atoms with E-state index in [1.807, 2.05) is 6.92 Å². The standard InChI is InChI=1S/C16H15NO5/c1-2-21-16-9-13(10-18)5-8-15(16)22-11-12-3-6-14(7-4-12)17(19)20/h3-10H,2,11H2,1H3. The molecule has 0 heterocycles. The van der Waals surface area contributed by atoms with E-state index in [9.17, 15) is 14.9 Å². The molecule has 0 fully saturated rings. The Bertz CT molecular complexity index is 667. The van der Waals surface area contributed by atoms with Crippen LogP contribution >= 0.6 is 0 Å². The Balaban J connectivity index is 2.10. The minimum atomic E-state index is -0.448. The van der Waals surface area contributed by atoms with Crippen molar-refractivity contribution in [1.29, 1.82) is 0 Å². The van der Waals surface area contributed by atoms with E-state index in [4.69, 9.17) is 9.47 Å². The molecule has 0 unspecified atom stereocenters. The summed E-state index contributed by atoms with van der Waals surface area (Å²) in [4.78, 5) is 20.9. The number of nitro groups is 1. The summed E-state index contributed by atoms with van der Waals surface area (Å²) in [5.41, 5.74) is 1.34. The van der Waals surface area contributed by atoms with Crippen molar-refractivity contribution in [3.63, 3.8) is 0 Å². The fraction of sp³-hybridized carbons (Fsp3) is 0.188. The van der Waals surface area contributed by atoms with Crippen LogP contribution in [0, 0.1) is 10.1 Å². The van der Waals surface area contributed by atoms with E-state index in [1.54, 1.807) is 30.3 Å². The van der Waals surface area contributed by atoms with Gasteiger partial charge in [0.1, 0.15) is 12.9 Å². The predicted molar refractivity (Wildman–Crippen MR) is 80.4 cm³/mol. The van der Waals surface area contributed by atoms with Crippen LogP contribution in [0.1, 0.15) is 22.8 Å². The molecule has 2 rings (SSSR count). The van der Waals surface area contributed by atoms with E-state index >= 15 is 0 Å². The van der Waals surface area contributed by atoms with Gasteiger partial charge >= 0.3 is 0 Å². The Labute approximate surface area is 127 Å². The maximum Gasteiger partial charge on any atom is 0.269 e. The molecule has 0 N–H and O–H groups in total. The number of nitro benzene ring substituents is 1. The zero-order valence-corrected chi connectivity index (χ0v) is 12.0. The van der Waals surface area contributed by atoms with Gasteiger partial charge in [0.25, 0.3) is 5.69 Å². The summed E-state index contributed by atoms with van der Waals surface area (Å²) in [6, 6.07) is 11.0. The van der Waals surface area contributed by atoms with Crippen LogP contribution in [0.2, 0.25) is 0 Å². The molecule has 114 valence electrons. The highest BCUT2D eigenvalue weighted by atomic mass is 16.6. The molecule has 22 heavy (non-hydrogen) atoms. The molecule has 0 amide bonds. The second-order valence-corrected chi connectivity index (χ2v) is 4.47. The molecule has 0 atom stereocenters. The number of hydrogen-bond donors (Lipinski definition) is 0. The molecule has 0 radical (unpaired) electrons. The molecule has 0 aliphatic carbocycles. The van der Waals surface area contributed by atoms with E-state index in [0.29, 0.717) is 23.7 Å². The quantitative estimate of drug-likeness (QED) is 0.445. The van der Waals surface area contributed by atoms with Crippen molar-refractivity contribution < 1.29 is 19.2 Å². The Hall–Kier alpha value is -2.89. The summed E-state index contributed by atoms with van der Waals surface area (Å²) in [7, 11) is 0. The Morgan fingerprint density at radius 2 is 1.82 bits per heavy atom. The lowest BCUT2D eigenvalue weighted by Gasteiger charge is -2.12. The number of hydrogen-bond acceptors (Lipinski definition) is 5. The average molecular weight is 301 g/mol. The highest BCUT2D eigenvalue weighted by Gasteiger charge is 2.08. The van der Waals surface area contributed by atoms with Gasteiger partial charge in [0.05, 0.1) is 11.5 Å². The molecule has 0 spiro atoms. The van der Waals surface area contributed by atoms with Crippen LogP contribution in [0.25, 0.3) is 0 Å². The molecule has 6 heteroatoms. The molecule has 0 aromatic heterocycles. The number of carbonyl (C=O) groups is 1. The number of rotatable bonds is 7. The van der Waals surface area contributed by atoms with E-state index in [0.717, 1.165) is 11.8 Å². The van der Waals surface area contributed by atoms with Crippen LogP contribution in [0.15, 0.2) is 42.5 Å². The Kier molecular flexibility index (Phi) is 5.08. The Morgan fingerprint density at radius 1 is 1.09 bits per heavy atom. The first-order chi connectivity index (χ1) is 10.6. The van der Waals surface area contributed by atoms with Gasteiger partial charge in [-0.25, -0.2) is 0 Å². The van der Waals surface area contributed by atoms with Crippen LogP contribution < -0.4 is 9.47 Å². The molecule has 0 saturated carbocycles. The van der Waals surface area contributed by atoms with Crippen molar-refractivity contribution in [2.24, 2.45) is 0 Å². The van der Waals surface area contributed by atoms with E-state index in [-0.39, 0.29) is 12.3 Å². The van der Waals surface area contributed by atoms with Crippen molar-refractivity contribution in [3.8, 4) is 11.5 Å². The summed E-state index contributed by atoms with van der Waals surface area (Å²) in [5.74, 6) is 1.01. The van der Waals surface area contributed by atoms with E-state index in [1.165, 1.54) is 12.1 Å². The second-order valence-electron chi connectivity index (χ2n) is 4.47. The van der Waals surface area contributed by atoms with Gasteiger partial charge in [-0.3, -0.25) is 14.9 Å². The number of ether oxygens (including phenoxy) is 2. The van der Waals surface area contributed by atoms with Crippen molar-refractivity contribution in [2.75, 3.05) is 6.61 Å².